The number of rotatable bonds is 3. The van der Waals surface area contributed by atoms with Gasteiger partial charge in [-0.2, -0.15) is 0 Å². The summed E-state index contributed by atoms with van der Waals surface area (Å²) in [7, 11) is 0. The molecule has 0 aliphatic heterocycles. The number of halogens is 2. The number of pyridine rings is 1. The Morgan fingerprint density at radius 3 is 2.16 bits per heavy atom. The van der Waals surface area contributed by atoms with Crippen LogP contribution in [0.2, 0.25) is 0 Å². The highest BCUT2D eigenvalue weighted by molar-refractivity contribution is 9.09. The van der Waals surface area contributed by atoms with Crippen molar-refractivity contribution in [2.75, 3.05) is 0 Å². The first kappa shape index (κ1) is 16.1. The number of ketones is 1. The molecular formula is C15H15Br2NO. The van der Waals surface area contributed by atoms with Crippen LogP contribution in [0.25, 0.3) is 0 Å². The Labute approximate surface area is 132 Å². The van der Waals surface area contributed by atoms with Crippen LogP contribution in [0.3, 0.4) is 0 Å². The van der Waals surface area contributed by atoms with Gasteiger partial charge in [0.25, 0.3) is 0 Å². The third-order valence-electron chi connectivity index (χ3n) is 2.73. The predicted molar refractivity (Wildman–Crippen MR) is 86.5 cm³/mol. The first-order chi connectivity index (χ1) is 8.58. The quantitative estimate of drug-likeness (QED) is 0.571. The molecule has 2 nitrogen and oxygen atoms in total. The summed E-state index contributed by atoms with van der Waals surface area (Å²) < 4.78 is 0. The van der Waals surface area contributed by atoms with Gasteiger partial charge in [0.15, 0.2) is 5.78 Å². The highest BCUT2D eigenvalue weighted by Gasteiger charge is 2.19. The summed E-state index contributed by atoms with van der Waals surface area (Å²) in [6.45, 7) is 4.07. The molecule has 0 bridgehead atoms. The van der Waals surface area contributed by atoms with Crippen LogP contribution in [0.1, 0.15) is 31.9 Å². The summed E-state index contributed by atoms with van der Waals surface area (Å²) in [5, 5.41) is 0. The van der Waals surface area contributed by atoms with E-state index in [1.807, 2.05) is 26.0 Å². The highest BCUT2D eigenvalue weighted by atomic mass is 79.9. The molecule has 1 heterocycles. The van der Waals surface area contributed by atoms with E-state index in [9.17, 15) is 4.79 Å². The van der Waals surface area contributed by atoms with Crippen LogP contribution in [-0.2, 0) is 0 Å². The maximum Gasteiger partial charge on any atom is 0.181 e. The lowest BCUT2D eigenvalue weighted by atomic mass is 10.0. The number of aryl methyl sites for hydroxylation is 2. The lowest BCUT2D eigenvalue weighted by Crippen LogP contribution is -2.07. The van der Waals surface area contributed by atoms with Crippen LogP contribution in [0.15, 0.2) is 42.7 Å². The fraction of sp³-hybridized carbons (Fsp3) is 0.200. The van der Waals surface area contributed by atoms with Gasteiger partial charge in [-0.1, -0.05) is 45.3 Å². The summed E-state index contributed by atoms with van der Waals surface area (Å²) in [4.78, 5) is 15.9. The number of alkyl halides is 1. The number of hydrogen-bond acceptors (Lipinski definition) is 2. The summed E-state index contributed by atoms with van der Waals surface area (Å²) in [6, 6.07) is 9.63. The predicted octanol–water partition coefficient (Wildman–Crippen LogP) is 4.60. The molecule has 0 saturated heterocycles. The zero-order chi connectivity index (χ0) is 13.1. The molecule has 0 N–H and O–H groups in total. The number of aromatic nitrogens is 1. The van der Waals surface area contributed by atoms with Crippen molar-refractivity contribution in [3.05, 3.63) is 65.0 Å². The zero-order valence-electron chi connectivity index (χ0n) is 10.8. The van der Waals surface area contributed by atoms with Crippen molar-refractivity contribution < 1.29 is 4.79 Å². The standard InChI is InChI=1S/C15H14BrNO.BrH/c1-10-7-11(2)9-13(8-10)14(16)15(18)12-3-5-17-6-4-12;/h3-9,14H,1-2H3;1H. The molecule has 1 unspecified atom stereocenters. The van der Waals surface area contributed by atoms with Crippen molar-refractivity contribution in [1.82, 2.24) is 4.98 Å². The van der Waals surface area contributed by atoms with Gasteiger partial charge in [-0.15, -0.1) is 17.0 Å². The Morgan fingerprint density at radius 2 is 1.63 bits per heavy atom. The number of benzene rings is 1. The Kier molecular flexibility index (Phi) is 5.88. The van der Waals surface area contributed by atoms with Crippen molar-refractivity contribution in [2.24, 2.45) is 0 Å². The van der Waals surface area contributed by atoms with E-state index in [1.165, 1.54) is 0 Å². The Bertz CT molecular complexity index is 549. The van der Waals surface area contributed by atoms with E-state index in [-0.39, 0.29) is 27.6 Å². The molecule has 0 amide bonds. The first-order valence-electron chi connectivity index (χ1n) is 5.74. The molecule has 2 rings (SSSR count). The molecule has 1 atom stereocenters. The molecule has 0 saturated carbocycles. The molecule has 1 aromatic carbocycles. The normalized spacial score (nSPS) is 11.5. The fourth-order valence-electron chi connectivity index (χ4n) is 1.97. The van der Waals surface area contributed by atoms with E-state index in [0.717, 1.165) is 16.7 Å². The van der Waals surface area contributed by atoms with Crippen LogP contribution in [0.4, 0.5) is 0 Å². The lowest BCUT2D eigenvalue weighted by Gasteiger charge is -2.11. The first-order valence-corrected chi connectivity index (χ1v) is 6.66. The van der Waals surface area contributed by atoms with Crippen LogP contribution in [0, 0.1) is 13.8 Å². The molecule has 100 valence electrons. The Morgan fingerprint density at radius 1 is 1.11 bits per heavy atom. The summed E-state index contributed by atoms with van der Waals surface area (Å²) in [6.07, 6.45) is 3.27. The SMILES string of the molecule is Br.Cc1cc(C)cc(C(Br)C(=O)c2ccncc2)c1. The number of Topliss-reactive ketones (excluding diaryl/α,β-unsaturated/α-hetero) is 1. The van der Waals surface area contributed by atoms with Gasteiger partial charge in [-0.05, 0) is 31.5 Å². The zero-order valence-corrected chi connectivity index (χ0v) is 14.1. The molecule has 0 spiro atoms. The minimum atomic E-state index is -0.307. The van der Waals surface area contributed by atoms with Crippen molar-refractivity contribution >= 4 is 38.7 Å². The van der Waals surface area contributed by atoms with E-state index in [2.05, 4.69) is 27.0 Å². The number of carbonyl (C=O) groups excluding carboxylic acids is 1. The van der Waals surface area contributed by atoms with Gasteiger partial charge in [0.2, 0.25) is 0 Å². The van der Waals surface area contributed by atoms with E-state index in [4.69, 9.17) is 0 Å². The van der Waals surface area contributed by atoms with Gasteiger partial charge in [-0.3, -0.25) is 9.78 Å². The summed E-state index contributed by atoms with van der Waals surface area (Å²) in [5.74, 6) is 0.0578. The Balaban J connectivity index is 0.00000180. The molecular weight excluding hydrogens is 370 g/mol. The topological polar surface area (TPSA) is 30.0 Å². The van der Waals surface area contributed by atoms with Crippen LogP contribution in [-0.4, -0.2) is 10.8 Å². The highest BCUT2D eigenvalue weighted by Crippen LogP contribution is 2.28. The molecule has 0 fully saturated rings. The lowest BCUT2D eigenvalue weighted by molar-refractivity contribution is 0.0991. The van der Waals surface area contributed by atoms with E-state index in [0.29, 0.717) is 5.56 Å². The van der Waals surface area contributed by atoms with E-state index >= 15 is 0 Å². The van der Waals surface area contributed by atoms with Crippen molar-refractivity contribution in [1.29, 1.82) is 0 Å². The molecule has 4 heteroatoms. The number of nitrogens with zero attached hydrogens (tertiary/aromatic N) is 1. The average molecular weight is 385 g/mol. The molecule has 0 radical (unpaired) electrons. The monoisotopic (exact) mass is 383 g/mol. The Hall–Kier alpha value is -1.00. The summed E-state index contributed by atoms with van der Waals surface area (Å²) >= 11 is 3.49. The molecule has 19 heavy (non-hydrogen) atoms. The molecule has 1 aromatic heterocycles. The van der Waals surface area contributed by atoms with Crippen LogP contribution >= 0.6 is 32.9 Å². The van der Waals surface area contributed by atoms with Gasteiger partial charge < -0.3 is 0 Å². The van der Waals surface area contributed by atoms with Crippen LogP contribution in [0.5, 0.6) is 0 Å². The minimum absolute atomic E-state index is 0. The third-order valence-corrected chi connectivity index (χ3v) is 3.68. The molecule has 0 aliphatic rings. The van der Waals surface area contributed by atoms with Gasteiger partial charge in [0, 0.05) is 18.0 Å². The largest absolute Gasteiger partial charge is 0.293 e. The average Bonchev–Trinajstić information content (AvgIpc) is 2.37. The van der Waals surface area contributed by atoms with Gasteiger partial charge in [-0.25, -0.2) is 0 Å². The fourth-order valence-corrected chi connectivity index (χ4v) is 2.50. The van der Waals surface area contributed by atoms with E-state index < -0.39 is 0 Å². The van der Waals surface area contributed by atoms with Crippen LogP contribution < -0.4 is 0 Å². The summed E-state index contributed by atoms with van der Waals surface area (Å²) in [5.41, 5.74) is 3.99. The van der Waals surface area contributed by atoms with Crippen molar-refractivity contribution in [2.45, 2.75) is 18.7 Å². The van der Waals surface area contributed by atoms with Gasteiger partial charge in [0.1, 0.15) is 4.83 Å². The second kappa shape index (κ2) is 6.96. The maximum atomic E-state index is 12.3. The van der Waals surface area contributed by atoms with Crippen molar-refractivity contribution in [3.63, 3.8) is 0 Å². The molecule has 2 aromatic rings. The number of hydrogen-bond donors (Lipinski definition) is 0. The second-order valence-electron chi connectivity index (χ2n) is 4.38. The number of carbonyl (C=O) groups is 1. The smallest absolute Gasteiger partial charge is 0.181 e. The second-order valence-corrected chi connectivity index (χ2v) is 5.30. The van der Waals surface area contributed by atoms with E-state index in [1.54, 1.807) is 24.5 Å². The van der Waals surface area contributed by atoms with Crippen molar-refractivity contribution in [3.8, 4) is 0 Å². The van der Waals surface area contributed by atoms with Gasteiger partial charge in [0.05, 0.1) is 0 Å². The molecule has 0 aliphatic carbocycles. The maximum absolute atomic E-state index is 12.3. The minimum Gasteiger partial charge on any atom is -0.293 e. The third kappa shape index (κ3) is 3.98. The van der Waals surface area contributed by atoms with Gasteiger partial charge >= 0.3 is 0 Å².